The van der Waals surface area contributed by atoms with E-state index >= 15 is 0 Å². The van der Waals surface area contributed by atoms with Gasteiger partial charge >= 0.3 is 12.1 Å². The molecule has 0 saturated carbocycles. The van der Waals surface area contributed by atoms with Gasteiger partial charge in [0.1, 0.15) is 5.60 Å². The minimum atomic E-state index is -4.46. The van der Waals surface area contributed by atoms with Gasteiger partial charge in [0, 0.05) is 7.11 Å². The van der Waals surface area contributed by atoms with E-state index in [4.69, 9.17) is 9.84 Å². The van der Waals surface area contributed by atoms with Crippen LogP contribution in [-0.4, -0.2) is 18.2 Å². The van der Waals surface area contributed by atoms with Crippen molar-refractivity contribution in [3.8, 4) is 0 Å². The molecule has 0 aromatic heterocycles. The molecule has 1 aromatic carbocycles. The summed E-state index contributed by atoms with van der Waals surface area (Å²) in [6.07, 6.45) is -4.88. The van der Waals surface area contributed by atoms with Gasteiger partial charge in [-0.05, 0) is 24.6 Å². The van der Waals surface area contributed by atoms with Crippen LogP contribution in [0.15, 0.2) is 24.3 Å². The van der Waals surface area contributed by atoms with Crippen LogP contribution in [0.3, 0.4) is 0 Å². The van der Waals surface area contributed by atoms with Crippen LogP contribution in [0.1, 0.15) is 24.5 Å². The van der Waals surface area contributed by atoms with Crippen molar-refractivity contribution in [2.45, 2.75) is 25.1 Å². The van der Waals surface area contributed by atoms with Gasteiger partial charge in [0.05, 0.1) is 12.0 Å². The Bertz CT molecular complexity index is 442. The van der Waals surface area contributed by atoms with Crippen LogP contribution in [0.25, 0.3) is 0 Å². The maximum Gasteiger partial charge on any atom is 0.416 e. The van der Waals surface area contributed by atoms with Crippen molar-refractivity contribution in [1.82, 2.24) is 0 Å². The molecule has 1 unspecified atom stereocenters. The van der Waals surface area contributed by atoms with Gasteiger partial charge in [-0.2, -0.15) is 13.2 Å². The van der Waals surface area contributed by atoms with E-state index < -0.39 is 29.7 Å². The first kappa shape index (κ1) is 14.5. The Labute approximate surface area is 102 Å². The van der Waals surface area contributed by atoms with Gasteiger partial charge in [0.2, 0.25) is 0 Å². The van der Waals surface area contributed by atoms with E-state index in [1.807, 2.05) is 0 Å². The zero-order valence-corrected chi connectivity index (χ0v) is 9.91. The molecule has 0 radical (unpaired) electrons. The van der Waals surface area contributed by atoms with Crippen LogP contribution in [-0.2, 0) is 21.3 Å². The van der Waals surface area contributed by atoms with Crippen molar-refractivity contribution in [2.75, 3.05) is 7.11 Å². The Balaban J connectivity index is 3.19. The van der Waals surface area contributed by atoms with Crippen LogP contribution in [0.2, 0.25) is 0 Å². The summed E-state index contributed by atoms with van der Waals surface area (Å²) >= 11 is 0. The average Bonchev–Trinajstić information content (AvgIpc) is 2.27. The summed E-state index contributed by atoms with van der Waals surface area (Å²) in [5, 5.41) is 8.77. The molecule has 18 heavy (non-hydrogen) atoms. The Morgan fingerprint density at radius 1 is 1.33 bits per heavy atom. The van der Waals surface area contributed by atoms with Gasteiger partial charge in [-0.1, -0.05) is 12.1 Å². The number of hydrogen-bond donors (Lipinski definition) is 1. The third-order valence-electron chi connectivity index (χ3n) is 2.74. The van der Waals surface area contributed by atoms with Crippen molar-refractivity contribution < 1.29 is 27.8 Å². The molecule has 0 bridgehead atoms. The second kappa shape index (κ2) is 4.97. The predicted molar refractivity (Wildman–Crippen MR) is 58.1 cm³/mol. The predicted octanol–water partition coefficient (Wildman–Crippen LogP) is 3.04. The molecule has 3 nitrogen and oxygen atoms in total. The van der Waals surface area contributed by atoms with E-state index in [0.29, 0.717) is 0 Å². The Morgan fingerprint density at radius 2 is 1.89 bits per heavy atom. The van der Waals surface area contributed by atoms with E-state index in [1.54, 1.807) is 0 Å². The summed E-state index contributed by atoms with van der Waals surface area (Å²) in [6.45, 7) is 1.44. The fraction of sp³-hybridized carbons (Fsp3) is 0.417. The minimum Gasteiger partial charge on any atom is -0.481 e. The van der Waals surface area contributed by atoms with Crippen LogP contribution in [0.5, 0.6) is 0 Å². The molecule has 0 aliphatic heterocycles. The first-order chi connectivity index (χ1) is 8.19. The molecule has 0 spiro atoms. The lowest BCUT2D eigenvalue weighted by Gasteiger charge is -2.27. The zero-order chi connectivity index (χ0) is 14.0. The number of carbonyl (C=O) groups is 1. The largest absolute Gasteiger partial charge is 0.481 e. The molecule has 1 atom stereocenters. The summed E-state index contributed by atoms with van der Waals surface area (Å²) in [6, 6.07) is 4.49. The number of benzene rings is 1. The molecule has 0 amide bonds. The molecule has 0 heterocycles. The molecule has 1 aromatic rings. The molecular formula is C12H13F3O3. The lowest BCUT2D eigenvalue weighted by molar-refractivity contribution is -0.143. The van der Waals surface area contributed by atoms with Gasteiger partial charge in [-0.3, -0.25) is 4.79 Å². The average molecular weight is 262 g/mol. The highest BCUT2D eigenvalue weighted by Crippen LogP contribution is 2.34. The topological polar surface area (TPSA) is 46.5 Å². The number of carboxylic acids is 1. The highest BCUT2D eigenvalue weighted by atomic mass is 19.4. The molecule has 1 rings (SSSR count). The summed E-state index contributed by atoms with van der Waals surface area (Å²) in [7, 11) is 1.27. The summed E-state index contributed by atoms with van der Waals surface area (Å²) < 4.78 is 42.8. The molecule has 0 fully saturated rings. The first-order valence-electron chi connectivity index (χ1n) is 5.14. The monoisotopic (exact) mass is 262 g/mol. The van der Waals surface area contributed by atoms with Gasteiger partial charge in [0.25, 0.3) is 0 Å². The molecule has 6 heteroatoms. The number of halogens is 3. The SMILES string of the molecule is COC(C)(CC(=O)O)c1cccc(C(F)(F)F)c1. The number of methoxy groups -OCH3 is 1. The van der Waals surface area contributed by atoms with E-state index in [1.165, 1.54) is 26.2 Å². The molecule has 0 saturated heterocycles. The van der Waals surface area contributed by atoms with Crippen molar-refractivity contribution in [3.63, 3.8) is 0 Å². The highest BCUT2D eigenvalue weighted by molar-refractivity contribution is 5.68. The maximum absolute atomic E-state index is 12.6. The first-order valence-corrected chi connectivity index (χ1v) is 5.14. The molecular weight excluding hydrogens is 249 g/mol. The van der Waals surface area contributed by atoms with Crippen molar-refractivity contribution in [1.29, 1.82) is 0 Å². The van der Waals surface area contributed by atoms with Crippen molar-refractivity contribution in [2.24, 2.45) is 0 Å². The number of aliphatic carboxylic acids is 1. The normalized spacial score (nSPS) is 15.2. The summed E-state index contributed by atoms with van der Waals surface area (Å²) in [4.78, 5) is 10.7. The Hall–Kier alpha value is -1.56. The quantitative estimate of drug-likeness (QED) is 0.907. The second-order valence-corrected chi connectivity index (χ2v) is 4.08. The van der Waals surface area contributed by atoms with Gasteiger partial charge in [-0.25, -0.2) is 0 Å². The fourth-order valence-corrected chi connectivity index (χ4v) is 1.61. The third-order valence-corrected chi connectivity index (χ3v) is 2.74. The van der Waals surface area contributed by atoms with Crippen LogP contribution in [0.4, 0.5) is 13.2 Å². The fourth-order valence-electron chi connectivity index (χ4n) is 1.61. The number of hydrogen-bond acceptors (Lipinski definition) is 2. The van der Waals surface area contributed by atoms with Gasteiger partial charge in [0.15, 0.2) is 0 Å². The number of ether oxygens (including phenoxy) is 1. The summed E-state index contributed by atoms with van der Waals surface area (Å²) in [5.41, 5.74) is -1.93. The third kappa shape index (κ3) is 3.22. The van der Waals surface area contributed by atoms with Crippen LogP contribution >= 0.6 is 0 Å². The standard InChI is InChI=1S/C12H13F3O3/c1-11(18-2,7-10(16)17)8-4-3-5-9(6-8)12(13,14)15/h3-6H,7H2,1-2H3,(H,16,17). The number of carboxylic acid groups (broad SMARTS) is 1. The minimum absolute atomic E-state index is 0.183. The second-order valence-electron chi connectivity index (χ2n) is 4.08. The smallest absolute Gasteiger partial charge is 0.416 e. The van der Waals surface area contributed by atoms with E-state index in [-0.39, 0.29) is 5.56 Å². The zero-order valence-electron chi connectivity index (χ0n) is 9.91. The van der Waals surface area contributed by atoms with Gasteiger partial charge < -0.3 is 9.84 Å². The van der Waals surface area contributed by atoms with E-state index in [2.05, 4.69) is 0 Å². The lowest BCUT2D eigenvalue weighted by Crippen LogP contribution is -2.28. The molecule has 100 valence electrons. The van der Waals surface area contributed by atoms with Crippen molar-refractivity contribution in [3.05, 3.63) is 35.4 Å². The van der Waals surface area contributed by atoms with Gasteiger partial charge in [-0.15, -0.1) is 0 Å². The molecule has 0 aliphatic rings. The Morgan fingerprint density at radius 3 is 2.33 bits per heavy atom. The molecule has 0 aliphatic carbocycles. The number of rotatable bonds is 4. The highest BCUT2D eigenvalue weighted by Gasteiger charge is 2.34. The Kier molecular flexibility index (Phi) is 4.01. The van der Waals surface area contributed by atoms with Crippen LogP contribution in [0, 0.1) is 0 Å². The maximum atomic E-state index is 12.6. The lowest BCUT2D eigenvalue weighted by atomic mass is 9.91. The number of alkyl halides is 3. The van der Waals surface area contributed by atoms with E-state index in [9.17, 15) is 18.0 Å². The molecule has 1 N–H and O–H groups in total. The van der Waals surface area contributed by atoms with Crippen LogP contribution < -0.4 is 0 Å². The summed E-state index contributed by atoms with van der Waals surface area (Å²) in [5.74, 6) is -1.14. The van der Waals surface area contributed by atoms with Crippen molar-refractivity contribution >= 4 is 5.97 Å². The van der Waals surface area contributed by atoms with E-state index in [0.717, 1.165) is 12.1 Å².